The normalized spacial score (nSPS) is 22.4. The van der Waals surface area contributed by atoms with E-state index in [1.54, 1.807) is 19.9 Å². The van der Waals surface area contributed by atoms with Gasteiger partial charge >= 0.3 is 5.91 Å². The van der Waals surface area contributed by atoms with Gasteiger partial charge in [-0.25, -0.2) is 0 Å². The molecule has 2 aromatic rings. The maximum Gasteiger partial charge on any atom is 0.305 e. The largest absolute Gasteiger partial charge is 0.451 e. The fraction of sp³-hybridized carbons (Fsp3) is 0.333. The van der Waals surface area contributed by atoms with Crippen LogP contribution in [0.1, 0.15) is 29.5 Å². The molecule has 1 aliphatic rings. The molecule has 1 saturated carbocycles. The minimum Gasteiger partial charge on any atom is -0.451 e. The lowest BCUT2D eigenvalue weighted by molar-refractivity contribution is -0.126. The lowest BCUT2D eigenvalue weighted by atomic mass is 10.1. The molecule has 1 aromatic heterocycles. The van der Waals surface area contributed by atoms with Crippen LogP contribution in [0.3, 0.4) is 0 Å². The minimum absolute atomic E-state index is 0.158. The molecule has 7 heteroatoms. The zero-order valence-corrected chi connectivity index (χ0v) is 13.5. The number of fused-ring (bicyclic) bond motifs is 1. The van der Waals surface area contributed by atoms with E-state index in [9.17, 15) is 9.59 Å². The Bertz CT molecular complexity index is 784. The van der Waals surface area contributed by atoms with Gasteiger partial charge in [-0.1, -0.05) is 18.2 Å². The van der Waals surface area contributed by atoms with Crippen LogP contribution in [0.4, 0.5) is 0 Å². The van der Waals surface area contributed by atoms with E-state index in [1.807, 2.05) is 18.2 Å². The summed E-state index contributed by atoms with van der Waals surface area (Å²) < 4.78 is 4.43. The van der Waals surface area contributed by atoms with E-state index in [2.05, 4.69) is 10.9 Å². The third-order valence-electron chi connectivity index (χ3n) is 4.10. The number of rotatable bonds is 2. The molecule has 22 heavy (non-hydrogen) atoms. The Kier molecular flexibility index (Phi) is 3.38. The summed E-state index contributed by atoms with van der Waals surface area (Å²) in [6.07, 6.45) is 0.342. The van der Waals surface area contributed by atoms with Crippen molar-refractivity contribution >= 4 is 46.0 Å². The van der Waals surface area contributed by atoms with E-state index in [0.29, 0.717) is 17.6 Å². The molecular weight excluding hydrogens is 327 g/mol. The van der Waals surface area contributed by atoms with Crippen LogP contribution in [0.5, 0.6) is 0 Å². The number of aryl methyl sites for hydroxylation is 1. The van der Waals surface area contributed by atoms with Gasteiger partial charge in [-0.15, -0.1) is 23.2 Å². The molecular formula is C15H14Cl2N2O3. The van der Waals surface area contributed by atoms with Gasteiger partial charge in [0.1, 0.15) is 9.92 Å². The molecule has 0 radical (unpaired) electrons. The topological polar surface area (TPSA) is 71.3 Å². The third-order valence-corrected chi connectivity index (χ3v) is 5.20. The van der Waals surface area contributed by atoms with Crippen molar-refractivity contribution in [3.05, 3.63) is 35.6 Å². The lowest BCUT2D eigenvalue weighted by Crippen LogP contribution is -2.45. The molecule has 3 rings (SSSR count). The number of carbonyl (C=O) groups is 2. The molecule has 5 nitrogen and oxygen atoms in total. The standard InChI is InChI=1S/C15H14Cl2N2O3/c1-8-9-5-3-4-6-10(9)22-11(8)12(20)18-19-13(21)14(2)7-15(14,16)17/h3-6H,7H2,1-2H3,(H,18,20)(H,19,21). The first-order valence-electron chi connectivity index (χ1n) is 6.73. The predicted octanol–water partition coefficient (Wildman–Crippen LogP) is 3.09. The van der Waals surface area contributed by atoms with Crippen molar-refractivity contribution in [1.82, 2.24) is 10.9 Å². The zero-order valence-electron chi connectivity index (χ0n) is 12.0. The Labute approximate surface area is 136 Å². The number of hydrazine groups is 1. The van der Waals surface area contributed by atoms with Crippen molar-refractivity contribution in [2.75, 3.05) is 0 Å². The van der Waals surface area contributed by atoms with Crippen molar-refractivity contribution in [2.24, 2.45) is 5.41 Å². The highest BCUT2D eigenvalue weighted by Gasteiger charge is 2.68. The molecule has 1 heterocycles. The van der Waals surface area contributed by atoms with Crippen molar-refractivity contribution in [3.63, 3.8) is 0 Å². The van der Waals surface area contributed by atoms with E-state index in [-0.39, 0.29) is 5.76 Å². The Morgan fingerprint density at radius 3 is 2.45 bits per heavy atom. The summed E-state index contributed by atoms with van der Waals surface area (Å²) in [6, 6.07) is 7.33. The summed E-state index contributed by atoms with van der Waals surface area (Å²) in [5, 5.41) is 0.855. The smallest absolute Gasteiger partial charge is 0.305 e. The molecule has 2 N–H and O–H groups in total. The number of nitrogens with one attached hydrogen (secondary N) is 2. The van der Waals surface area contributed by atoms with Crippen LogP contribution in [-0.2, 0) is 4.79 Å². The predicted molar refractivity (Wildman–Crippen MR) is 83.7 cm³/mol. The number of carbonyl (C=O) groups excluding carboxylic acids is 2. The summed E-state index contributed by atoms with van der Waals surface area (Å²) >= 11 is 11.9. The minimum atomic E-state index is -1.09. The van der Waals surface area contributed by atoms with Gasteiger partial charge in [-0.05, 0) is 26.3 Å². The Hall–Kier alpha value is -1.72. The molecule has 1 atom stereocenters. The summed E-state index contributed by atoms with van der Waals surface area (Å²) in [5.41, 5.74) is 5.11. The number of alkyl halides is 2. The second kappa shape index (κ2) is 4.89. The van der Waals surface area contributed by atoms with Gasteiger partial charge in [0.05, 0.1) is 5.41 Å². The molecule has 1 fully saturated rings. The Morgan fingerprint density at radius 1 is 1.23 bits per heavy atom. The van der Waals surface area contributed by atoms with Gasteiger partial charge in [-0.2, -0.15) is 0 Å². The maximum absolute atomic E-state index is 12.2. The van der Waals surface area contributed by atoms with Gasteiger partial charge in [0.15, 0.2) is 5.76 Å². The molecule has 1 unspecified atom stereocenters. The van der Waals surface area contributed by atoms with Crippen molar-refractivity contribution in [3.8, 4) is 0 Å². The maximum atomic E-state index is 12.2. The van der Waals surface area contributed by atoms with E-state index in [4.69, 9.17) is 27.6 Å². The van der Waals surface area contributed by atoms with Crippen LogP contribution in [0.2, 0.25) is 0 Å². The van der Waals surface area contributed by atoms with Crippen LogP contribution in [0, 0.1) is 12.3 Å². The van der Waals surface area contributed by atoms with Crippen molar-refractivity contribution in [2.45, 2.75) is 24.6 Å². The first-order chi connectivity index (χ1) is 10.3. The SMILES string of the molecule is Cc1c(C(=O)NNC(=O)C2(C)CC2(Cl)Cl)oc2ccccc12. The van der Waals surface area contributed by atoms with E-state index < -0.39 is 21.6 Å². The number of hydrogen-bond donors (Lipinski definition) is 2. The number of amides is 2. The fourth-order valence-electron chi connectivity index (χ4n) is 2.35. The molecule has 116 valence electrons. The lowest BCUT2D eigenvalue weighted by Gasteiger charge is -2.12. The highest BCUT2D eigenvalue weighted by molar-refractivity contribution is 6.53. The molecule has 1 aromatic carbocycles. The van der Waals surface area contributed by atoms with Gasteiger partial charge in [-0.3, -0.25) is 20.4 Å². The summed E-state index contributed by atoms with van der Waals surface area (Å²) in [4.78, 5) is 24.2. The number of hydrogen-bond acceptors (Lipinski definition) is 3. The van der Waals surface area contributed by atoms with Gasteiger partial charge in [0.25, 0.3) is 0 Å². The molecule has 1 aliphatic carbocycles. The van der Waals surface area contributed by atoms with Gasteiger partial charge in [0.2, 0.25) is 5.91 Å². The Morgan fingerprint density at radius 2 is 1.86 bits per heavy atom. The highest BCUT2D eigenvalue weighted by atomic mass is 35.5. The number of benzene rings is 1. The van der Waals surface area contributed by atoms with Crippen LogP contribution < -0.4 is 10.9 Å². The van der Waals surface area contributed by atoms with Crippen molar-refractivity contribution in [1.29, 1.82) is 0 Å². The van der Waals surface area contributed by atoms with Crippen LogP contribution >= 0.6 is 23.2 Å². The molecule has 0 saturated heterocycles. The van der Waals surface area contributed by atoms with Crippen molar-refractivity contribution < 1.29 is 14.0 Å². The van der Waals surface area contributed by atoms with Gasteiger partial charge < -0.3 is 4.42 Å². The summed E-state index contributed by atoms with van der Waals surface area (Å²) in [5.74, 6) is -0.800. The summed E-state index contributed by atoms with van der Waals surface area (Å²) in [6.45, 7) is 3.42. The van der Waals surface area contributed by atoms with Gasteiger partial charge in [0, 0.05) is 10.9 Å². The average Bonchev–Trinajstić information content (AvgIpc) is 2.84. The quantitative estimate of drug-likeness (QED) is 0.651. The molecule has 0 aliphatic heterocycles. The van der Waals surface area contributed by atoms with Crippen LogP contribution in [0.25, 0.3) is 11.0 Å². The fourth-order valence-corrected chi connectivity index (χ4v) is 3.05. The molecule has 2 amide bonds. The third kappa shape index (κ3) is 2.25. The highest BCUT2D eigenvalue weighted by Crippen LogP contribution is 2.63. The monoisotopic (exact) mass is 340 g/mol. The first kappa shape index (κ1) is 15.2. The average molecular weight is 341 g/mol. The number of para-hydroxylation sites is 1. The van der Waals surface area contributed by atoms with E-state index in [1.165, 1.54) is 0 Å². The molecule has 0 spiro atoms. The molecule has 0 bridgehead atoms. The number of furan rings is 1. The van der Waals surface area contributed by atoms with E-state index >= 15 is 0 Å². The zero-order chi connectivity index (χ0) is 16.1. The van der Waals surface area contributed by atoms with E-state index in [0.717, 1.165) is 5.39 Å². The summed E-state index contributed by atoms with van der Waals surface area (Å²) in [7, 11) is 0. The van der Waals surface area contributed by atoms with Crippen LogP contribution in [0.15, 0.2) is 28.7 Å². The second-order valence-corrected chi connectivity index (χ2v) is 7.16. The Balaban J connectivity index is 1.72. The second-order valence-electron chi connectivity index (χ2n) is 5.67. The number of halogens is 2. The van der Waals surface area contributed by atoms with Crippen LogP contribution in [-0.4, -0.2) is 16.1 Å². The first-order valence-corrected chi connectivity index (χ1v) is 7.48.